The molecule has 0 saturated heterocycles. The minimum atomic E-state index is -0.156. The van der Waals surface area contributed by atoms with E-state index >= 15 is 0 Å². The van der Waals surface area contributed by atoms with E-state index in [-0.39, 0.29) is 18.3 Å². The van der Waals surface area contributed by atoms with E-state index in [1.54, 1.807) is 44.4 Å². The predicted molar refractivity (Wildman–Crippen MR) is 105 cm³/mol. The Hall–Kier alpha value is -2.60. The number of rotatable bonds is 7. The highest BCUT2D eigenvalue weighted by Crippen LogP contribution is 2.37. The van der Waals surface area contributed by atoms with E-state index in [4.69, 9.17) is 9.47 Å². The van der Waals surface area contributed by atoms with Crippen LogP contribution in [0.3, 0.4) is 0 Å². The number of carbonyl (C=O) groups excluding carboxylic acids is 2. The molecule has 136 valence electrons. The van der Waals surface area contributed by atoms with Crippen LogP contribution >= 0.6 is 15.9 Å². The summed E-state index contributed by atoms with van der Waals surface area (Å²) in [5.41, 5.74) is 1.39. The Bertz CT molecular complexity index is 816. The number of carbonyl (C=O) groups is 2. The maximum Gasteiger partial charge on any atom is 0.259 e. The van der Waals surface area contributed by atoms with E-state index in [9.17, 15) is 9.59 Å². The molecule has 0 spiro atoms. The SMILES string of the molecule is COc1cc(/C=C/C(=O)c2ccccc2)cc(Br)c1OCC(=O)N(C)C. The molecular weight excluding hydrogens is 398 g/mol. The minimum Gasteiger partial charge on any atom is -0.493 e. The number of nitrogens with zero attached hydrogens (tertiary/aromatic N) is 1. The number of hydrogen-bond donors (Lipinski definition) is 0. The first-order chi connectivity index (χ1) is 12.4. The zero-order valence-electron chi connectivity index (χ0n) is 14.9. The van der Waals surface area contributed by atoms with E-state index in [1.165, 1.54) is 18.1 Å². The first-order valence-electron chi connectivity index (χ1n) is 7.90. The van der Waals surface area contributed by atoms with E-state index in [0.29, 0.717) is 21.5 Å². The maximum atomic E-state index is 12.2. The van der Waals surface area contributed by atoms with Crippen LogP contribution in [-0.2, 0) is 4.79 Å². The van der Waals surface area contributed by atoms with Crippen molar-refractivity contribution >= 4 is 33.7 Å². The van der Waals surface area contributed by atoms with Crippen LogP contribution in [0, 0.1) is 0 Å². The summed E-state index contributed by atoms with van der Waals surface area (Å²) in [6, 6.07) is 12.6. The third-order valence-electron chi connectivity index (χ3n) is 3.58. The highest BCUT2D eigenvalue weighted by atomic mass is 79.9. The molecule has 0 heterocycles. The molecule has 0 aliphatic carbocycles. The maximum absolute atomic E-state index is 12.2. The van der Waals surface area contributed by atoms with Crippen LogP contribution < -0.4 is 9.47 Å². The van der Waals surface area contributed by atoms with Gasteiger partial charge in [-0.2, -0.15) is 0 Å². The van der Waals surface area contributed by atoms with Crippen LogP contribution in [0.1, 0.15) is 15.9 Å². The van der Waals surface area contributed by atoms with Crippen molar-refractivity contribution in [3.8, 4) is 11.5 Å². The fraction of sp³-hybridized carbons (Fsp3) is 0.200. The van der Waals surface area contributed by atoms with E-state index in [0.717, 1.165) is 5.56 Å². The van der Waals surface area contributed by atoms with E-state index in [1.807, 2.05) is 18.2 Å². The number of halogens is 1. The number of allylic oxidation sites excluding steroid dienone is 1. The third kappa shape index (κ3) is 5.20. The summed E-state index contributed by atoms with van der Waals surface area (Å²) >= 11 is 3.43. The summed E-state index contributed by atoms with van der Waals surface area (Å²) < 4.78 is 11.6. The van der Waals surface area contributed by atoms with Crippen molar-refractivity contribution in [1.29, 1.82) is 0 Å². The van der Waals surface area contributed by atoms with E-state index < -0.39 is 0 Å². The molecule has 0 saturated carbocycles. The summed E-state index contributed by atoms with van der Waals surface area (Å²) in [5, 5.41) is 0. The average Bonchev–Trinajstić information content (AvgIpc) is 2.65. The van der Waals surface area contributed by atoms with Crippen LogP contribution in [0.2, 0.25) is 0 Å². The van der Waals surface area contributed by atoms with Crippen LogP contribution in [0.5, 0.6) is 11.5 Å². The fourth-order valence-corrected chi connectivity index (χ4v) is 2.68. The lowest BCUT2D eigenvalue weighted by molar-refractivity contribution is -0.130. The normalized spacial score (nSPS) is 10.6. The molecule has 0 aliphatic heterocycles. The van der Waals surface area contributed by atoms with Gasteiger partial charge in [-0.15, -0.1) is 0 Å². The van der Waals surface area contributed by atoms with Gasteiger partial charge in [0.25, 0.3) is 5.91 Å². The van der Waals surface area contributed by atoms with Crippen LogP contribution in [-0.4, -0.2) is 44.4 Å². The van der Waals surface area contributed by atoms with Gasteiger partial charge in [-0.3, -0.25) is 9.59 Å². The first kappa shape index (κ1) is 19.7. The van der Waals surface area contributed by atoms with Crippen molar-refractivity contribution in [2.24, 2.45) is 0 Å². The zero-order chi connectivity index (χ0) is 19.1. The number of hydrogen-bond acceptors (Lipinski definition) is 4. The molecule has 0 bridgehead atoms. The fourth-order valence-electron chi connectivity index (χ4n) is 2.11. The van der Waals surface area contributed by atoms with Crippen molar-refractivity contribution < 1.29 is 19.1 Å². The van der Waals surface area contributed by atoms with Gasteiger partial charge < -0.3 is 14.4 Å². The number of benzene rings is 2. The summed E-state index contributed by atoms with van der Waals surface area (Å²) in [6.07, 6.45) is 3.21. The Morgan fingerprint density at radius 2 is 1.85 bits per heavy atom. The monoisotopic (exact) mass is 417 g/mol. The van der Waals surface area contributed by atoms with Gasteiger partial charge in [-0.25, -0.2) is 0 Å². The zero-order valence-corrected chi connectivity index (χ0v) is 16.4. The minimum absolute atomic E-state index is 0.0856. The number of methoxy groups -OCH3 is 1. The van der Waals surface area contributed by atoms with Crippen LogP contribution in [0.4, 0.5) is 0 Å². The largest absolute Gasteiger partial charge is 0.493 e. The molecule has 2 aromatic carbocycles. The predicted octanol–water partition coefficient (Wildman–Crippen LogP) is 3.82. The van der Waals surface area contributed by atoms with Crippen molar-refractivity contribution in [2.45, 2.75) is 0 Å². The molecule has 0 N–H and O–H groups in total. The number of ketones is 1. The lowest BCUT2D eigenvalue weighted by atomic mass is 10.1. The Balaban J connectivity index is 2.18. The molecule has 0 atom stereocenters. The van der Waals surface area contributed by atoms with Gasteiger partial charge in [0, 0.05) is 19.7 Å². The number of ether oxygens (including phenoxy) is 2. The molecule has 0 fully saturated rings. The van der Waals surface area contributed by atoms with Crippen LogP contribution in [0.15, 0.2) is 53.0 Å². The summed E-state index contributed by atoms with van der Waals surface area (Å²) in [5.74, 6) is 0.668. The Morgan fingerprint density at radius 3 is 2.46 bits per heavy atom. The second kappa shape index (κ2) is 9.20. The van der Waals surface area contributed by atoms with Gasteiger partial charge in [-0.1, -0.05) is 36.4 Å². The molecule has 26 heavy (non-hydrogen) atoms. The van der Waals surface area contributed by atoms with Gasteiger partial charge in [0.1, 0.15) is 0 Å². The van der Waals surface area contributed by atoms with Crippen LogP contribution in [0.25, 0.3) is 6.08 Å². The smallest absolute Gasteiger partial charge is 0.259 e. The summed E-state index contributed by atoms with van der Waals surface area (Å²) in [7, 11) is 4.84. The summed E-state index contributed by atoms with van der Waals surface area (Å²) in [4.78, 5) is 25.3. The molecule has 5 nitrogen and oxygen atoms in total. The highest BCUT2D eigenvalue weighted by molar-refractivity contribution is 9.10. The van der Waals surface area contributed by atoms with Crippen molar-refractivity contribution in [3.63, 3.8) is 0 Å². The number of likely N-dealkylation sites (N-methyl/N-ethyl adjacent to an activating group) is 1. The Labute approximate surface area is 161 Å². The third-order valence-corrected chi connectivity index (χ3v) is 4.17. The van der Waals surface area contributed by atoms with Crippen molar-refractivity contribution in [3.05, 3.63) is 64.1 Å². The topological polar surface area (TPSA) is 55.8 Å². The molecule has 0 aliphatic rings. The molecule has 0 aromatic heterocycles. The van der Waals surface area contributed by atoms with Gasteiger partial charge in [0.15, 0.2) is 23.9 Å². The molecule has 1 amide bonds. The molecule has 2 aromatic rings. The standard InChI is InChI=1S/C20H20BrNO4/c1-22(2)19(24)13-26-20-16(21)11-14(12-18(20)25-3)9-10-17(23)15-7-5-4-6-8-15/h4-12H,13H2,1-3H3/b10-9+. The quantitative estimate of drug-likeness (QED) is 0.507. The van der Waals surface area contributed by atoms with Gasteiger partial charge in [-0.05, 0) is 39.7 Å². The second-order valence-corrected chi connectivity index (χ2v) is 6.53. The lowest BCUT2D eigenvalue weighted by Crippen LogP contribution is -2.27. The van der Waals surface area contributed by atoms with Gasteiger partial charge in [0.05, 0.1) is 11.6 Å². The first-order valence-corrected chi connectivity index (χ1v) is 8.69. The van der Waals surface area contributed by atoms with Crippen molar-refractivity contribution in [2.75, 3.05) is 27.8 Å². The number of amides is 1. The average molecular weight is 418 g/mol. The van der Waals surface area contributed by atoms with Crippen molar-refractivity contribution in [1.82, 2.24) is 4.90 Å². The molecule has 0 unspecified atom stereocenters. The molecule has 0 radical (unpaired) electrons. The molecular formula is C20H20BrNO4. The Morgan fingerprint density at radius 1 is 1.15 bits per heavy atom. The van der Waals surface area contributed by atoms with Gasteiger partial charge in [0.2, 0.25) is 0 Å². The highest BCUT2D eigenvalue weighted by Gasteiger charge is 2.14. The summed E-state index contributed by atoms with van der Waals surface area (Å²) in [6.45, 7) is -0.0936. The molecule has 6 heteroatoms. The molecule has 2 rings (SSSR count). The van der Waals surface area contributed by atoms with Gasteiger partial charge >= 0.3 is 0 Å². The lowest BCUT2D eigenvalue weighted by Gasteiger charge is -2.15. The second-order valence-electron chi connectivity index (χ2n) is 5.67. The Kier molecular flexibility index (Phi) is 6.97. The van der Waals surface area contributed by atoms with E-state index in [2.05, 4.69) is 15.9 Å².